The third-order valence-electron chi connectivity index (χ3n) is 1.76. The second-order valence-electron chi connectivity index (χ2n) is 2.99. The number of rotatable bonds is 1. The molecule has 0 aliphatic rings. The van der Waals surface area contributed by atoms with Gasteiger partial charge in [-0.15, -0.1) is 16.9 Å². The van der Waals surface area contributed by atoms with Crippen molar-refractivity contribution in [1.82, 2.24) is 0 Å². The molecule has 0 unspecified atom stereocenters. The van der Waals surface area contributed by atoms with Crippen molar-refractivity contribution in [3.05, 3.63) is 35.9 Å². The van der Waals surface area contributed by atoms with Gasteiger partial charge in [0, 0.05) is 0 Å². The second kappa shape index (κ2) is 3.08. The van der Waals surface area contributed by atoms with Gasteiger partial charge in [-0.05, 0) is 19.4 Å². The van der Waals surface area contributed by atoms with Gasteiger partial charge in [0.25, 0.3) is 0 Å². The Kier molecular flexibility index (Phi) is 2.33. The highest BCUT2D eigenvalue weighted by Crippen LogP contribution is 2.28. The molecule has 1 aromatic rings. The maximum absolute atomic E-state index is 5.55. The molecule has 0 saturated heterocycles. The van der Waals surface area contributed by atoms with E-state index in [1.165, 1.54) is 16.7 Å². The van der Waals surface area contributed by atoms with Crippen molar-refractivity contribution in [3.63, 3.8) is 0 Å². The minimum Gasteiger partial charge on any atom is -0.127 e. The van der Waals surface area contributed by atoms with Crippen LogP contribution in [-0.4, -0.2) is 0 Å². The maximum Gasteiger partial charge on any atom is 0.0591 e. The Labute approximate surface area is 71.9 Å². The monoisotopic (exact) mass is 164 g/mol. The number of benzene rings is 1. The predicted molar refractivity (Wildman–Crippen MR) is 52.0 cm³/mol. The molecule has 0 N–H and O–H groups in total. The Morgan fingerprint density at radius 1 is 1.18 bits per heavy atom. The van der Waals surface area contributed by atoms with E-state index in [2.05, 4.69) is 26.0 Å². The Morgan fingerprint density at radius 3 is 2.18 bits per heavy atom. The van der Waals surface area contributed by atoms with Crippen molar-refractivity contribution in [2.24, 2.45) is 0 Å². The zero-order chi connectivity index (χ0) is 8.32. The lowest BCUT2D eigenvalue weighted by Crippen LogP contribution is -2.07. The van der Waals surface area contributed by atoms with Gasteiger partial charge in [-0.25, -0.2) is 0 Å². The molecule has 0 fully saturated rings. The summed E-state index contributed by atoms with van der Waals surface area (Å²) in [6.45, 7) is 4.24. The van der Waals surface area contributed by atoms with Gasteiger partial charge in [-0.2, -0.15) is 0 Å². The van der Waals surface area contributed by atoms with E-state index < -0.39 is 0 Å². The fourth-order valence-electron chi connectivity index (χ4n) is 0.908. The van der Waals surface area contributed by atoms with Crippen molar-refractivity contribution < 1.29 is 0 Å². The minimum atomic E-state index is 0.0290. The van der Waals surface area contributed by atoms with E-state index in [1.807, 2.05) is 18.2 Å². The van der Waals surface area contributed by atoms with E-state index in [9.17, 15) is 0 Å². The van der Waals surface area contributed by atoms with Crippen molar-refractivity contribution in [1.29, 1.82) is 0 Å². The zero-order valence-electron chi connectivity index (χ0n) is 6.87. The first-order valence-corrected chi connectivity index (χ1v) is 4.48. The summed E-state index contributed by atoms with van der Waals surface area (Å²) in [5.74, 6) is 0. The normalized spacial score (nSPS) is 11.0. The van der Waals surface area contributed by atoms with Gasteiger partial charge in [0.1, 0.15) is 0 Å². The van der Waals surface area contributed by atoms with Crippen LogP contribution < -0.4 is 0 Å². The molecule has 58 valence electrons. The molecular formula is C10H12S. The fourth-order valence-corrected chi connectivity index (χ4v) is 1.18. The van der Waals surface area contributed by atoms with Crippen LogP contribution in [0.15, 0.2) is 30.3 Å². The summed E-state index contributed by atoms with van der Waals surface area (Å²) in [7, 11) is 0. The van der Waals surface area contributed by atoms with Gasteiger partial charge >= 0.3 is 0 Å². The van der Waals surface area contributed by atoms with E-state index in [1.54, 1.807) is 0 Å². The summed E-state index contributed by atoms with van der Waals surface area (Å²) in [4.78, 5) is 0. The third kappa shape index (κ3) is 1.83. The number of hydrogen-bond donors (Lipinski definition) is 0. The van der Waals surface area contributed by atoms with Gasteiger partial charge in [0.05, 0.1) is 4.75 Å². The Morgan fingerprint density at radius 2 is 1.73 bits per heavy atom. The van der Waals surface area contributed by atoms with Crippen LogP contribution in [0, 0.1) is 5.69 Å². The third-order valence-corrected chi connectivity index (χ3v) is 2.59. The van der Waals surface area contributed by atoms with E-state index >= 15 is 0 Å². The molecule has 0 amide bonds. The molecule has 0 saturated carbocycles. The Balaban J connectivity index is 3.05. The van der Waals surface area contributed by atoms with Crippen LogP contribution >= 0.6 is 11.2 Å². The quantitative estimate of drug-likeness (QED) is 0.597. The molecule has 0 nitrogen and oxygen atoms in total. The molecule has 0 aromatic heterocycles. The molecule has 11 heavy (non-hydrogen) atoms. The molecule has 1 aromatic carbocycles. The summed E-state index contributed by atoms with van der Waals surface area (Å²) in [6.07, 6.45) is 0. The van der Waals surface area contributed by atoms with E-state index in [0.29, 0.717) is 0 Å². The molecule has 1 rings (SSSR count). The van der Waals surface area contributed by atoms with Gasteiger partial charge in [-0.3, -0.25) is 0 Å². The van der Waals surface area contributed by atoms with E-state index in [0.717, 1.165) is 0 Å². The van der Waals surface area contributed by atoms with Crippen LogP contribution in [0.1, 0.15) is 19.4 Å². The Hall–Kier alpha value is -0.780. The largest absolute Gasteiger partial charge is 0.127 e. The lowest BCUT2D eigenvalue weighted by atomic mass is 10.0. The highest BCUT2D eigenvalue weighted by Gasteiger charge is 2.15. The molecule has 0 radical (unpaired) electrons. The zero-order valence-corrected chi connectivity index (χ0v) is 7.69. The topological polar surface area (TPSA) is 0 Å². The summed E-state index contributed by atoms with van der Waals surface area (Å²) in [6, 6.07) is 10.3. The van der Waals surface area contributed by atoms with Crippen molar-refractivity contribution in [3.8, 4) is 5.69 Å². The van der Waals surface area contributed by atoms with Gasteiger partial charge < -0.3 is 0 Å². The van der Waals surface area contributed by atoms with Gasteiger partial charge in [0.2, 0.25) is 0 Å². The smallest absolute Gasteiger partial charge is 0.0591 e. The lowest BCUT2D eigenvalue weighted by molar-refractivity contribution is 0.790. The average molecular weight is 164 g/mol. The highest BCUT2D eigenvalue weighted by atomic mass is 32.1. The molecule has 0 heterocycles. The molecule has 0 aliphatic heterocycles. The first-order chi connectivity index (χ1) is 5.17. The Bertz CT molecular complexity index is 267. The van der Waals surface area contributed by atoms with Crippen LogP contribution in [0.5, 0.6) is 0 Å². The summed E-state index contributed by atoms with van der Waals surface area (Å²) in [5.41, 5.74) is 6.83. The van der Waals surface area contributed by atoms with Crippen LogP contribution in [0.25, 0.3) is 0 Å². The number of hydrogen-bond acceptors (Lipinski definition) is 0. The molecule has 0 bridgehead atoms. The SMILES string of the molecule is C#SC(C)(C)c1ccccc1. The highest BCUT2D eigenvalue weighted by molar-refractivity contribution is 7.89. The fraction of sp³-hybridized carbons (Fsp3) is 0.300. The first kappa shape index (κ1) is 8.32. The van der Waals surface area contributed by atoms with Gasteiger partial charge in [-0.1, -0.05) is 30.3 Å². The first-order valence-electron chi connectivity index (χ1n) is 3.60. The van der Waals surface area contributed by atoms with Crippen molar-refractivity contribution in [2.45, 2.75) is 18.6 Å². The maximum atomic E-state index is 5.55. The van der Waals surface area contributed by atoms with Crippen molar-refractivity contribution >= 4 is 11.2 Å². The molecule has 1 heteroatoms. The average Bonchev–Trinajstić information content (AvgIpc) is 2.06. The minimum absolute atomic E-state index is 0.0290. The van der Waals surface area contributed by atoms with Crippen LogP contribution in [-0.2, 0) is 4.75 Å². The summed E-state index contributed by atoms with van der Waals surface area (Å²) < 4.78 is 0.0290. The standard InChI is InChI=1S/C10H12S/c1-10(2,11-3)9-7-5-4-6-8-9/h3-8H,1-2H3. The predicted octanol–water partition coefficient (Wildman–Crippen LogP) is 3.24. The molecule has 0 aliphatic carbocycles. The van der Waals surface area contributed by atoms with E-state index in [4.69, 9.17) is 5.69 Å². The lowest BCUT2D eigenvalue weighted by Gasteiger charge is -2.16. The van der Waals surface area contributed by atoms with Crippen LogP contribution in [0.2, 0.25) is 0 Å². The second-order valence-corrected chi connectivity index (χ2v) is 4.25. The van der Waals surface area contributed by atoms with Gasteiger partial charge in [0.15, 0.2) is 0 Å². The van der Waals surface area contributed by atoms with Crippen LogP contribution in [0.3, 0.4) is 0 Å². The molecule has 0 spiro atoms. The summed E-state index contributed by atoms with van der Waals surface area (Å²) >= 11 is 1.38. The van der Waals surface area contributed by atoms with Crippen LogP contribution in [0.4, 0.5) is 0 Å². The molecule has 0 atom stereocenters. The van der Waals surface area contributed by atoms with E-state index in [-0.39, 0.29) is 4.75 Å². The molecular weight excluding hydrogens is 152 g/mol. The summed E-state index contributed by atoms with van der Waals surface area (Å²) in [5, 5.41) is 0. The van der Waals surface area contributed by atoms with Crippen molar-refractivity contribution in [2.75, 3.05) is 0 Å².